The smallest absolute Gasteiger partial charge is 0.162 e. The quantitative estimate of drug-likeness (QED) is 0.847. The van der Waals surface area contributed by atoms with Crippen molar-refractivity contribution in [3.05, 3.63) is 35.4 Å². The number of benzene rings is 1. The molecular formula is C16H25F2N. The summed E-state index contributed by atoms with van der Waals surface area (Å²) in [7, 11) is 0. The number of hydrogen-bond donors (Lipinski definition) is 1. The van der Waals surface area contributed by atoms with Gasteiger partial charge in [-0.1, -0.05) is 39.8 Å². The van der Waals surface area contributed by atoms with Gasteiger partial charge in [0.25, 0.3) is 0 Å². The van der Waals surface area contributed by atoms with Crippen molar-refractivity contribution in [3.63, 3.8) is 0 Å². The molecule has 1 aromatic rings. The lowest BCUT2D eigenvalue weighted by molar-refractivity contribution is 0.285. The van der Waals surface area contributed by atoms with Crippen LogP contribution in [-0.4, -0.2) is 6.04 Å². The van der Waals surface area contributed by atoms with Crippen LogP contribution in [0.2, 0.25) is 0 Å². The molecule has 3 heteroatoms. The zero-order valence-electron chi connectivity index (χ0n) is 12.3. The van der Waals surface area contributed by atoms with E-state index in [2.05, 4.69) is 27.7 Å². The molecule has 0 bridgehead atoms. The molecule has 0 radical (unpaired) electrons. The fourth-order valence-electron chi connectivity index (χ4n) is 2.72. The Morgan fingerprint density at radius 2 is 1.84 bits per heavy atom. The van der Waals surface area contributed by atoms with Gasteiger partial charge in [0.1, 0.15) is 0 Å². The van der Waals surface area contributed by atoms with E-state index >= 15 is 0 Å². The minimum Gasteiger partial charge on any atom is -0.327 e. The zero-order chi connectivity index (χ0) is 14.6. The van der Waals surface area contributed by atoms with Gasteiger partial charge in [0.15, 0.2) is 11.6 Å². The lowest BCUT2D eigenvalue weighted by Crippen LogP contribution is -2.27. The SMILES string of the molecule is CC(CC(N)Cc1cccc(F)c1F)CC(C)(C)C. The minimum absolute atomic E-state index is 0.131. The van der Waals surface area contributed by atoms with Gasteiger partial charge in [-0.2, -0.15) is 0 Å². The highest BCUT2D eigenvalue weighted by Gasteiger charge is 2.18. The second-order valence-electron chi connectivity index (χ2n) is 6.78. The number of halogens is 2. The molecule has 0 saturated heterocycles. The summed E-state index contributed by atoms with van der Waals surface area (Å²) in [6, 6.07) is 4.13. The highest BCUT2D eigenvalue weighted by molar-refractivity contribution is 5.19. The Balaban J connectivity index is 2.56. The summed E-state index contributed by atoms with van der Waals surface area (Å²) in [6.45, 7) is 8.75. The Bertz CT molecular complexity index is 410. The van der Waals surface area contributed by atoms with E-state index in [0.717, 1.165) is 18.9 Å². The van der Waals surface area contributed by atoms with E-state index in [4.69, 9.17) is 5.73 Å². The third-order valence-corrected chi connectivity index (χ3v) is 3.18. The standard InChI is InChI=1S/C16H25F2N/c1-11(10-16(2,3)4)8-13(19)9-12-6-5-7-14(17)15(12)18/h5-7,11,13H,8-10,19H2,1-4H3. The first-order chi connectivity index (χ1) is 8.69. The summed E-state index contributed by atoms with van der Waals surface area (Å²) in [6.07, 6.45) is 2.29. The molecule has 0 spiro atoms. The van der Waals surface area contributed by atoms with Crippen LogP contribution in [0.4, 0.5) is 8.78 Å². The van der Waals surface area contributed by atoms with E-state index in [1.165, 1.54) is 6.07 Å². The van der Waals surface area contributed by atoms with Crippen LogP contribution in [0.5, 0.6) is 0 Å². The van der Waals surface area contributed by atoms with Crippen molar-refractivity contribution in [1.82, 2.24) is 0 Å². The predicted octanol–water partition coefficient (Wildman–Crippen LogP) is 4.30. The van der Waals surface area contributed by atoms with Crippen molar-refractivity contribution in [1.29, 1.82) is 0 Å². The average molecular weight is 269 g/mol. The first-order valence-corrected chi connectivity index (χ1v) is 6.87. The van der Waals surface area contributed by atoms with E-state index in [9.17, 15) is 8.78 Å². The van der Waals surface area contributed by atoms with Gasteiger partial charge in [-0.05, 0) is 42.2 Å². The van der Waals surface area contributed by atoms with Gasteiger partial charge in [0.05, 0.1) is 0 Å². The summed E-state index contributed by atoms with van der Waals surface area (Å²) in [5.41, 5.74) is 6.69. The van der Waals surface area contributed by atoms with Gasteiger partial charge in [-0.3, -0.25) is 0 Å². The van der Waals surface area contributed by atoms with Crippen LogP contribution in [0.15, 0.2) is 18.2 Å². The van der Waals surface area contributed by atoms with Gasteiger partial charge in [-0.15, -0.1) is 0 Å². The van der Waals surface area contributed by atoms with Crippen LogP contribution in [-0.2, 0) is 6.42 Å². The third-order valence-electron chi connectivity index (χ3n) is 3.18. The van der Waals surface area contributed by atoms with Gasteiger partial charge < -0.3 is 5.73 Å². The molecule has 1 nitrogen and oxygen atoms in total. The van der Waals surface area contributed by atoms with Gasteiger partial charge >= 0.3 is 0 Å². The fourth-order valence-corrected chi connectivity index (χ4v) is 2.72. The molecule has 2 N–H and O–H groups in total. The summed E-state index contributed by atoms with van der Waals surface area (Å²) < 4.78 is 26.6. The van der Waals surface area contributed by atoms with Gasteiger partial charge in [-0.25, -0.2) is 8.78 Å². The molecule has 0 aliphatic rings. The molecule has 0 aliphatic heterocycles. The van der Waals surface area contributed by atoms with Crippen molar-refractivity contribution < 1.29 is 8.78 Å². The monoisotopic (exact) mass is 269 g/mol. The largest absolute Gasteiger partial charge is 0.327 e. The van der Waals surface area contributed by atoms with Gasteiger partial charge in [0, 0.05) is 6.04 Å². The Morgan fingerprint density at radius 1 is 1.21 bits per heavy atom. The van der Waals surface area contributed by atoms with Crippen LogP contribution in [0.3, 0.4) is 0 Å². The fraction of sp³-hybridized carbons (Fsp3) is 0.625. The van der Waals surface area contributed by atoms with E-state index in [0.29, 0.717) is 17.9 Å². The average Bonchev–Trinajstić information content (AvgIpc) is 2.21. The van der Waals surface area contributed by atoms with Crippen LogP contribution in [0, 0.1) is 23.0 Å². The molecule has 0 fully saturated rings. The summed E-state index contributed by atoms with van der Waals surface area (Å²) in [5.74, 6) is -1.08. The predicted molar refractivity (Wildman–Crippen MR) is 75.9 cm³/mol. The number of hydrogen-bond acceptors (Lipinski definition) is 1. The summed E-state index contributed by atoms with van der Waals surface area (Å²) >= 11 is 0. The van der Waals surface area contributed by atoms with Crippen molar-refractivity contribution in [2.24, 2.45) is 17.1 Å². The van der Waals surface area contributed by atoms with E-state index in [-0.39, 0.29) is 11.5 Å². The van der Waals surface area contributed by atoms with Crippen molar-refractivity contribution in [2.75, 3.05) is 0 Å². The molecule has 0 aromatic heterocycles. The number of rotatable bonds is 5. The Kier molecular flexibility index (Phi) is 5.48. The summed E-state index contributed by atoms with van der Waals surface area (Å²) in [5, 5.41) is 0. The Hall–Kier alpha value is -0.960. The highest BCUT2D eigenvalue weighted by atomic mass is 19.2. The number of nitrogens with two attached hydrogens (primary N) is 1. The second-order valence-corrected chi connectivity index (χ2v) is 6.78. The Labute approximate surface area is 115 Å². The summed E-state index contributed by atoms with van der Waals surface area (Å²) in [4.78, 5) is 0. The first-order valence-electron chi connectivity index (χ1n) is 6.87. The van der Waals surface area contributed by atoms with Crippen molar-refractivity contribution >= 4 is 0 Å². The lowest BCUT2D eigenvalue weighted by atomic mass is 9.82. The van der Waals surface area contributed by atoms with Crippen LogP contribution < -0.4 is 5.73 Å². The zero-order valence-corrected chi connectivity index (χ0v) is 12.3. The molecule has 108 valence electrons. The van der Waals surface area contributed by atoms with Crippen LogP contribution in [0.1, 0.15) is 46.1 Å². The second kappa shape index (κ2) is 6.47. The molecule has 1 rings (SSSR count). The minimum atomic E-state index is -0.799. The molecule has 0 heterocycles. The Morgan fingerprint density at radius 3 is 2.42 bits per heavy atom. The molecule has 0 aliphatic carbocycles. The molecule has 1 aromatic carbocycles. The van der Waals surface area contributed by atoms with E-state index in [1.807, 2.05) is 0 Å². The van der Waals surface area contributed by atoms with Crippen LogP contribution >= 0.6 is 0 Å². The third kappa shape index (κ3) is 5.68. The normalized spacial score (nSPS) is 15.3. The maximum atomic E-state index is 13.5. The van der Waals surface area contributed by atoms with Gasteiger partial charge in [0.2, 0.25) is 0 Å². The highest BCUT2D eigenvalue weighted by Crippen LogP contribution is 2.27. The first kappa shape index (κ1) is 16.1. The molecule has 0 amide bonds. The molecular weight excluding hydrogens is 244 g/mol. The topological polar surface area (TPSA) is 26.0 Å². The maximum absolute atomic E-state index is 13.5. The van der Waals surface area contributed by atoms with E-state index in [1.54, 1.807) is 6.07 Å². The van der Waals surface area contributed by atoms with Crippen molar-refractivity contribution in [2.45, 2.75) is 53.0 Å². The van der Waals surface area contributed by atoms with Crippen LogP contribution in [0.25, 0.3) is 0 Å². The molecule has 0 saturated carbocycles. The van der Waals surface area contributed by atoms with Crippen molar-refractivity contribution in [3.8, 4) is 0 Å². The van der Waals surface area contributed by atoms with E-state index < -0.39 is 11.6 Å². The molecule has 19 heavy (non-hydrogen) atoms. The molecule has 2 unspecified atom stereocenters. The maximum Gasteiger partial charge on any atom is 0.162 e. The lowest BCUT2D eigenvalue weighted by Gasteiger charge is -2.25. The molecule has 2 atom stereocenters.